The van der Waals surface area contributed by atoms with E-state index in [0.29, 0.717) is 0 Å². The quantitative estimate of drug-likeness (QED) is 0.710. The summed E-state index contributed by atoms with van der Waals surface area (Å²) in [6.07, 6.45) is 7.99. The highest BCUT2D eigenvalue weighted by Crippen LogP contribution is 2.23. The van der Waals surface area contributed by atoms with E-state index in [1.165, 1.54) is 44.2 Å². The first kappa shape index (κ1) is 14.4. The predicted molar refractivity (Wildman–Crippen MR) is 80.5 cm³/mol. The smallest absolute Gasteiger partial charge is 0.119 e. The number of ether oxygens (including phenoxy) is 1. The minimum absolute atomic E-state index is 0.829. The molecule has 1 aliphatic rings. The Kier molecular flexibility index (Phi) is 6.22. The van der Waals surface area contributed by atoms with Crippen LogP contribution >= 0.6 is 0 Å². The molecule has 0 heterocycles. The van der Waals surface area contributed by atoms with Gasteiger partial charge in [-0.15, -0.1) is 0 Å². The lowest BCUT2D eigenvalue weighted by molar-refractivity contribution is 0.309. The Morgan fingerprint density at radius 3 is 2.58 bits per heavy atom. The Hall–Kier alpha value is -1.02. The van der Waals surface area contributed by atoms with Gasteiger partial charge in [0.2, 0.25) is 0 Å². The van der Waals surface area contributed by atoms with Crippen molar-refractivity contribution < 1.29 is 4.74 Å². The third-order valence-electron chi connectivity index (χ3n) is 3.93. The van der Waals surface area contributed by atoms with Gasteiger partial charge < -0.3 is 10.1 Å². The average Bonchev–Trinajstić information content (AvgIpc) is 2.94. The second-order valence-corrected chi connectivity index (χ2v) is 5.63. The van der Waals surface area contributed by atoms with Crippen LogP contribution in [0.1, 0.15) is 51.0 Å². The van der Waals surface area contributed by atoms with E-state index in [1.54, 1.807) is 0 Å². The topological polar surface area (TPSA) is 21.3 Å². The van der Waals surface area contributed by atoms with Crippen molar-refractivity contribution in [3.8, 4) is 5.75 Å². The number of nitrogens with one attached hydrogen (secondary N) is 1. The molecule has 106 valence electrons. The fourth-order valence-corrected chi connectivity index (χ4v) is 2.67. The highest BCUT2D eigenvalue weighted by atomic mass is 16.5. The van der Waals surface area contributed by atoms with Gasteiger partial charge in [0.25, 0.3) is 0 Å². The molecular weight excluding hydrogens is 234 g/mol. The molecule has 2 rings (SSSR count). The summed E-state index contributed by atoms with van der Waals surface area (Å²) in [6, 6.07) is 8.51. The van der Waals surface area contributed by atoms with Crippen molar-refractivity contribution in [2.24, 2.45) is 5.92 Å². The Balaban J connectivity index is 1.66. The van der Waals surface area contributed by atoms with Gasteiger partial charge in [-0.05, 0) is 49.4 Å². The van der Waals surface area contributed by atoms with Crippen molar-refractivity contribution in [1.29, 1.82) is 0 Å². The molecule has 0 bridgehead atoms. The molecule has 0 atom stereocenters. The van der Waals surface area contributed by atoms with Gasteiger partial charge in [-0.1, -0.05) is 38.3 Å². The SMILES string of the molecule is CCCCOc1ccc(CNCC2CCCC2)cc1. The fourth-order valence-electron chi connectivity index (χ4n) is 2.67. The zero-order valence-electron chi connectivity index (χ0n) is 12.2. The molecule has 2 heteroatoms. The summed E-state index contributed by atoms with van der Waals surface area (Å²) in [4.78, 5) is 0. The maximum absolute atomic E-state index is 5.67. The van der Waals surface area contributed by atoms with Crippen molar-refractivity contribution in [3.63, 3.8) is 0 Å². The summed E-state index contributed by atoms with van der Waals surface area (Å²) in [7, 11) is 0. The zero-order valence-corrected chi connectivity index (χ0v) is 12.2. The Bertz CT molecular complexity index is 341. The van der Waals surface area contributed by atoms with Crippen LogP contribution in [-0.2, 0) is 6.54 Å². The van der Waals surface area contributed by atoms with E-state index in [0.717, 1.165) is 31.2 Å². The van der Waals surface area contributed by atoms with Gasteiger partial charge in [-0.2, -0.15) is 0 Å². The maximum Gasteiger partial charge on any atom is 0.119 e. The monoisotopic (exact) mass is 261 g/mol. The molecule has 0 amide bonds. The summed E-state index contributed by atoms with van der Waals surface area (Å²) < 4.78 is 5.67. The number of hydrogen-bond acceptors (Lipinski definition) is 2. The Labute approximate surface area is 117 Å². The van der Waals surface area contributed by atoms with Gasteiger partial charge in [0.1, 0.15) is 5.75 Å². The standard InChI is InChI=1S/C17H27NO/c1-2-3-12-19-17-10-8-16(9-11-17)14-18-13-15-6-4-5-7-15/h8-11,15,18H,2-7,12-14H2,1H3. The van der Waals surface area contributed by atoms with Gasteiger partial charge in [0.15, 0.2) is 0 Å². The van der Waals surface area contributed by atoms with Crippen LogP contribution in [0.4, 0.5) is 0 Å². The molecule has 1 aliphatic carbocycles. The summed E-state index contributed by atoms with van der Waals surface area (Å²) in [5, 5.41) is 3.57. The predicted octanol–water partition coefficient (Wildman–Crippen LogP) is 4.15. The first-order valence-electron chi connectivity index (χ1n) is 7.81. The van der Waals surface area contributed by atoms with Crippen LogP contribution in [0, 0.1) is 5.92 Å². The molecule has 19 heavy (non-hydrogen) atoms. The van der Waals surface area contributed by atoms with E-state index in [9.17, 15) is 0 Å². The Morgan fingerprint density at radius 1 is 1.16 bits per heavy atom. The average molecular weight is 261 g/mol. The third-order valence-corrected chi connectivity index (χ3v) is 3.93. The summed E-state index contributed by atoms with van der Waals surface area (Å²) in [5.74, 6) is 1.91. The van der Waals surface area contributed by atoms with Crippen LogP contribution in [0.2, 0.25) is 0 Å². The number of hydrogen-bond donors (Lipinski definition) is 1. The largest absolute Gasteiger partial charge is 0.494 e. The minimum atomic E-state index is 0.829. The molecule has 1 N–H and O–H groups in total. The minimum Gasteiger partial charge on any atom is -0.494 e. The van der Waals surface area contributed by atoms with Gasteiger partial charge in [0.05, 0.1) is 6.61 Å². The van der Waals surface area contributed by atoms with Gasteiger partial charge >= 0.3 is 0 Å². The molecule has 1 fully saturated rings. The first-order valence-corrected chi connectivity index (χ1v) is 7.81. The first-order chi connectivity index (χ1) is 9.38. The van der Waals surface area contributed by atoms with Crippen LogP contribution in [0.15, 0.2) is 24.3 Å². The molecule has 2 nitrogen and oxygen atoms in total. The van der Waals surface area contributed by atoms with Crippen LogP contribution in [0.5, 0.6) is 5.75 Å². The lowest BCUT2D eigenvalue weighted by atomic mass is 10.1. The van der Waals surface area contributed by atoms with E-state index in [2.05, 4.69) is 36.5 Å². The normalized spacial score (nSPS) is 15.8. The lowest BCUT2D eigenvalue weighted by Gasteiger charge is -2.11. The molecule has 0 radical (unpaired) electrons. The van der Waals surface area contributed by atoms with Gasteiger partial charge in [-0.25, -0.2) is 0 Å². The molecular formula is C17H27NO. The van der Waals surface area contributed by atoms with Crippen molar-refractivity contribution >= 4 is 0 Å². The Morgan fingerprint density at radius 2 is 1.89 bits per heavy atom. The number of unbranched alkanes of at least 4 members (excludes halogenated alkanes) is 1. The van der Waals surface area contributed by atoms with Crippen LogP contribution in [-0.4, -0.2) is 13.2 Å². The highest BCUT2D eigenvalue weighted by molar-refractivity contribution is 5.27. The van der Waals surface area contributed by atoms with Crippen LogP contribution in [0.3, 0.4) is 0 Å². The van der Waals surface area contributed by atoms with E-state index >= 15 is 0 Å². The van der Waals surface area contributed by atoms with Crippen LogP contribution in [0.25, 0.3) is 0 Å². The van der Waals surface area contributed by atoms with Crippen molar-refractivity contribution in [1.82, 2.24) is 5.32 Å². The molecule has 1 saturated carbocycles. The fraction of sp³-hybridized carbons (Fsp3) is 0.647. The van der Waals surface area contributed by atoms with E-state index in [4.69, 9.17) is 4.74 Å². The molecule has 1 aromatic carbocycles. The van der Waals surface area contributed by atoms with E-state index < -0.39 is 0 Å². The molecule has 1 aromatic rings. The molecule has 0 spiro atoms. The van der Waals surface area contributed by atoms with Gasteiger partial charge in [0, 0.05) is 6.54 Å². The third kappa shape index (κ3) is 5.23. The zero-order chi connectivity index (χ0) is 13.3. The maximum atomic E-state index is 5.67. The van der Waals surface area contributed by atoms with Crippen molar-refractivity contribution in [2.45, 2.75) is 52.0 Å². The molecule has 0 unspecified atom stereocenters. The van der Waals surface area contributed by atoms with Gasteiger partial charge in [-0.3, -0.25) is 0 Å². The summed E-state index contributed by atoms with van der Waals surface area (Å²) >= 11 is 0. The lowest BCUT2D eigenvalue weighted by Crippen LogP contribution is -2.20. The summed E-state index contributed by atoms with van der Waals surface area (Å²) in [6.45, 7) is 5.17. The second-order valence-electron chi connectivity index (χ2n) is 5.63. The van der Waals surface area contributed by atoms with Crippen LogP contribution < -0.4 is 10.1 Å². The summed E-state index contributed by atoms with van der Waals surface area (Å²) in [5.41, 5.74) is 1.35. The molecule has 0 aromatic heterocycles. The van der Waals surface area contributed by atoms with E-state index in [-0.39, 0.29) is 0 Å². The van der Waals surface area contributed by atoms with Crippen molar-refractivity contribution in [2.75, 3.05) is 13.2 Å². The molecule has 0 saturated heterocycles. The van der Waals surface area contributed by atoms with Crippen molar-refractivity contribution in [3.05, 3.63) is 29.8 Å². The number of rotatable bonds is 8. The number of benzene rings is 1. The highest BCUT2D eigenvalue weighted by Gasteiger charge is 2.13. The van der Waals surface area contributed by atoms with E-state index in [1.807, 2.05) is 0 Å². The molecule has 0 aliphatic heterocycles. The second kappa shape index (κ2) is 8.21.